The van der Waals surface area contributed by atoms with Gasteiger partial charge in [-0.1, -0.05) is 31.9 Å². The number of alkyl halides is 4. The molecule has 0 saturated heterocycles. The summed E-state index contributed by atoms with van der Waals surface area (Å²) in [6.07, 6.45) is -4.83. The third kappa shape index (κ3) is 5.40. The van der Waals surface area contributed by atoms with Crippen molar-refractivity contribution in [2.75, 3.05) is 5.32 Å². The summed E-state index contributed by atoms with van der Waals surface area (Å²) in [4.78, 5) is 11.7. The number of anilines is 1. The number of nitrogens with one attached hydrogen (secondary N) is 1. The van der Waals surface area contributed by atoms with Crippen LogP contribution in [0.2, 0.25) is 0 Å². The molecule has 0 aromatic heterocycles. The predicted molar refractivity (Wildman–Crippen MR) is 72.5 cm³/mol. The average molecular weight is 405 g/mol. The number of carbonyl (C=O) groups is 1. The Morgan fingerprint density at radius 2 is 1.89 bits per heavy atom. The molecule has 0 fully saturated rings. The van der Waals surface area contributed by atoms with E-state index in [4.69, 9.17) is 0 Å². The maximum absolute atomic E-state index is 12.3. The van der Waals surface area contributed by atoms with Gasteiger partial charge in [-0.05, 0) is 32.0 Å². The molecule has 0 aliphatic carbocycles. The first-order chi connectivity index (χ1) is 8.49. The summed E-state index contributed by atoms with van der Waals surface area (Å²) in [6, 6.07) is 3.95. The molecule has 0 aliphatic rings. The van der Waals surface area contributed by atoms with Crippen LogP contribution in [0.5, 0.6) is 5.75 Å². The van der Waals surface area contributed by atoms with Crippen LogP contribution in [0.3, 0.4) is 0 Å². The molecule has 1 aromatic rings. The Kier molecular flexibility index (Phi) is 4.89. The van der Waals surface area contributed by atoms with Gasteiger partial charge in [0.15, 0.2) is 5.75 Å². The lowest BCUT2D eigenvalue weighted by Crippen LogP contribution is -2.31. The van der Waals surface area contributed by atoms with E-state index in [1.165, 1.54) is 12.1 Å². The van der Waals surface area contributed by atoms with E-state index >= 15 is 0 Å². The van der Waals surface area contributed by atoms with Gasteiger partial charge in [0.2, 0.25) is 5.91 Å². The van der Waals surface area contributed by atoms with Gasteiger partial charge in [-0.2, -0.15) is 0 Å². The van der Waals surface area contributed by atoms with Gasteiger partial charge in [0.1, 0.15) is 0 Å². The predicted octanol–water partition coefficient (Wildman–Crippen LogP) is 4.46. The molecule has 0 heterocycles. The van der Waals surface area contributed by atoms with Gasteiger partial charge in [-0.3, -0.25) is 4.79 Å². The quantitative estimate of drug-likeness (QED) is 0.755. The summed E-state index contributed by atoms with van der Waals surface area (Å²) in [5.41, 5.74) is -0.0574. The molecule has 1 rings (SSSR count). The highest BCUT2D eigenvalue weighted by molar-refractivity contribution is 9.10. The molecule has 8 heteroatoms. The van der Waals surface area contributed by atoms with Crippen molar-refractivity contribution in [1.29, 1.82) is 0 Å². The first kappa shape index (κ1) is 16.3. The van der Waals surface area contributed by atoms with Crippen LogP contribution in [0.25, 0.3) is 0 Å². The minimum Gasteiger partial charge on any atom is -0.404 e. The van der Waals surface area contributed by atoms with Gasteiger partial charge in [-0.15, -0.1) is 13.2 Å². The van der Waals surface area contributed by atoms with E-state index in [0.29, 0.717) is 4.47 Å². The topological polar surface area (TPSA) is 38.3 Å². The van der Waals surface area contributed by atoms with Crippen molar-refractivity contribution in [3.63, 3.8) is 0 Å². The largest absolute Gasteiger partial charge is 0.573 e. The van der Waals surface area contributed by atoms with Crippen molar-refractivity contribution in [3.8, 4) is 5.75 Å². The number of amides is 1. The van der Waals surface area contributed by atoms with E-state index in [9.17, 15) is 18.0 Å². The fourth-order valence-corrected chi connectivity index (χ4v) is 1.52. The lowest BCUT2D eigenvalue weighted by molar-refractivity contribution is -0.274. The first-order valence-corrected chi connectivity index (χ1v) is 6.63. The zero-order valence-electron chi connectivity index (χ0n) is 9.94. The Morgan fingerprint density at radius 3 is 2.37 bits per heavy atom. The minimum absolute atomic E-state index is 0.0574. The third-order valence-corrected chi connectivity index (χ3v) is 2.81. The molecule has 0 radical (unpaired) electrons. The summed E-state index contributed by atoms with van der Waals surface area (Å²) < 4.78 is 40.2. The Hall–Kier alpha value is -0.760. The molecule has 0 saturated carbocycles. The average Bonchev–Trinajstić information content (AvgIpc) is 2.18. The zero-order valence-corrected chi connectivity index (χ0v) is 13.1. The molecule has 0 bridgehead atoms. The van der Waals surface area contributed by atoms with Crippen molar-refractivity contribution >= 4 is 43.5 Å². The zero-order chi connectivity index (χ0) is 14.8. The van der Waals surface area contributed by atoms with Crippen LogP contribution in [0, 0.1) is 0 Å². The number of carbonyl (C=O) groups excluding carboxylic acids is 1. The molecule has 19 heavy (non-hydrogen) atoms. The monoisotopic (exact) mass is 403 g/mol. The summed E-state index contributed by atoms with van der Waals surface area (Å²) >= 11 is 6.16. The van der Waals surface area contributed by atoms with Crippen LogP contribution in [-0.2, 0) is 4.79 Å². The summed E-state index contributed by atoms with van der Waals surface area (Å²) in [5.74, 6) is -0.964. The normalized spacial score (nSPS) is 12.2. The van der Waals surface area contributed by atoms with Crippen molar-refractivity contribution < 1.29 is 22.7 Å². The van der Waals surface area contributed by atoms with Gasteiger partial charge < -0.3 is 10.1 Å². The fourth-order valence-electron chi connectivity index (χ4n) is 1.08. The SMILES string of the molecule is CC(C)(Br)C(=O)Nc1ccc(Br)cc1OC(F)(F)F. The second-order valence-electron chi connectivity index (χ2n) is 4.11. The Balaban J connectivity index is 3.04. The molecule has 106 valence electrons. The molecule has 1 amide bonds. The third-order valence-electron chi connectivity index (χ3n) is 1.96. The van der Waals surface area contributed by atoms with E-state index in [0.717, 1.165) is 6.07 Å². The molecular weight excluding hydrogens is 395 g/mol. The van der Waals surface area contributed by atoms with Crippen LogP contribution in [0.1, 0.15) is 13.8 Å². The van der Waals surface area contributed by atoms with E-state index < -0.39 is 22.3 Å². The number of halogens is 5. The summed E-state index contributed by atoms with van der Waals surface area (Å²) in [7, 11) is 0. The van der Waals surface area contributed by atoms with Crippen molar-refractivity contribution in [1.82, 2.24) is 0 Å². The lowest BCUT2D eigenvalue weighted by Gasteiger charge is -2.18. The maximum Gasteiger partial charge on any atom is 0.573 e. The molecule has 0 spiro atoms. The van der Waals surface area contributed by atoms with Crippen LogP contribution in [0.4, 0.5) is 18.9 Å². The van der Waals surface area contributed by atoms with Gasteiger partial charge in [-0.25, -0.2) is 0 Å². The fraction of sp³-hybridized carbons (Fsp3) is 0.364. The van der Waals surface area contributed by atoms with E-state index in [2.05, 4.69) is 41.9 Å². The molecule has 0 unspecified atom stereocenters. The number of rotatable bonds is 3. The van der Waals surface area contributed by atoms with Crippen molar-refractivity contribution in [2.45, 2.75) is 24.5 Å². The van der Waals surface area contributed by atoms with Crippen LogP contribution in [0.15, 0.2) is 22.7 Å². The van der Waals surface area contributed by atoms with Crippen molar-refractivity contribution in [3.05, 3.63) is 22.7 Å². The van der Waals surface area contributed by atoms with E-state index in [-0.39, 0.29) is 5.69 Å². The number of hydrogen-bond donors (Lipinski definition) is 1. The standard InChI is InChI=1S/C11H10Br2F3NO2/c1-10(2,13)9(18)17-7-4-3-6(12)5-8(7)19-11(14,15)16/h3-5H,1-2H3,(H,17,18). The lowest BCUT2D eigenvalue weighted by atomic mass is 10.2. The summed E-state index contributed by atoms with van der Waals surface area (Å²) in [5, 5.41) is 2.37. The summed E-state index contributed by atoms with van der Waals surface area (Å²) in [6.45, 7) is 3.15. The molecule has 0 atom stereocenters. The van der Waals surface area contributed by atoms with Crippen LogP contribution >= 0.6 is 31.9 Å². The van der Waals surface area contributed by atoms with Gasteiger partial charge >= 0.3 is 6.36 Å². The smallest absolute Gasteiger partial charge is 0.404 e. The Morgan fingerprint density at radius 1 is 1.32 bits per heavy atom. The van der Waals surface area contributed by atoms with Gasteiger partial charge in [0, 0.05) is 4.47 Å². The minimum atomic E-state index is -4.83. The van der Waals surface area contributed by atoms with Crippen LogP contribution < -0.4 is 10.1 Å². The first-order valence-electron chi connectivity index (χ1n) is 5.05. The van der Waals surface area contributed by atoms with Crippen LogP contribution in [-0.4, -0.2) is 16.6 Å². The van der Waals surface area contributed by atoms with Crippen molar-refractivity contribution in [2.24, 2.45) is 0 Å². The Labute approximate surface area is 124 Å². The number of hydrogen-bond acceptors (Lipinski definition) is 2. The number of benzene rings is 1. The molecular formula is C11H10Br2F3NO2. The molecule has 3 nitrogen and oxygen atoms in total. The second-order valence-corrected chi connectivity index (χ2v) is 7.01. The molecule has 0 aliphatic heterocycles. The highest BCUT2D eigenvalue weighted by Gasteiger charge is 2.33. The Bertz CT molecular complexity index is 484. The highest BCUT2D eigenvalue weighted by Crippen LogP contribution is 2.33. The second kappa shape index (κ2) is 5.70. The highest BCUT2D eigenvalue weighted by atomic mass is 79.9. The molecule has 1 aromatic carbocycles. The number of ether oxygens (including phenoxy) is 1. The van der Waals surface area contributed by atoms with Gasteiger partial charge in [0.05, 0.1) is 10.0 Å². The van der Waals surface area contributed by atoms with Gasteiger partial charge in [0.25, 0.3) is 0 Å². The maximum atomic E-state index is 12.3. The van der Waals surface area contributed by atoms with E-state index in [1.807, 2.05) is 0 Å². The van der Waals surface area contributed by atoms with E-state index in [1.54, 1.807) is 13.8 Å². The molecule has 1 N–H and O–H groups in total.